The molecule has 0 bridgehead atoms. The second-order valence-corrected chi connectivity index (χ2v) is 8.82. The third-order valence-electron chi connectivity index (χ3n) is 6.22. The van der Waals surface area contributed by atoms with E-state index < -0.39 is 35.9 Å². The fourth-order valence-corrected chi connectivity index (χ4v) is 3.94. The van der Waals surface area contributed by atoms with Gasteiger partial charge in [0.05, 0.1) is 6.04 Å². The number of benzene rings is 2. The van der Waals surface area contributed by atoms with Crippen LogP contribution in [0.3, 0.4) is 0 Å². The van der Waals surface area contributed by atoms with Crippen molar-refractivity contribution in [2.45, 2.75) is 51.2 Å². The highest BCUT2D eigenvalue weighted by molar-refractivity contribution is 5.92. The van der Waals surface area contributed by atoms with E-state index in [0.29, 0.717) is 6.42 Å². The van der Waals surface area contributed by atoms with Crippen LogP contribution in [-0.2, 0) is 27.2 Å². The van der Waals surface area contributed by atoms with Crippen LogP contribution in [0.25, 0.3) is 10.9 Å². The Balaban J connectivity index is 1.69. The Kier molecular flexibility index (Phi) is 8.48. The molecule has 9 nitrogen and oxygen atoms in total. The summed E-state index contributed by atoms with van der Waals surface area (Å²) in [7, 11) is 0. The van der Waals surface area contributed by atoms with E-state index in [2.05, 4.69) is 15.6 Å². The molecule has 0 aliphatic rings. The van der Waals surface area contributed by atoms with Gasteiger partial charge in [-0.1, -0.05) is 50.6 Å². The van der Waals surface area contributed by atoms with E-state index in [1.807, 2.05) is 19.9 Å². The van der Waals surface area contributed by atoms with Crippen molar-refractivity contribution < 1.29 is 24.6 Å². The summed E-state index contributed by atoms with van der Waals surface area (Å²) in [4.78, 5) is 40.9. The second kappa shape index (κ2) is 11.5. The van der Waals surface area contributed by atoms with Crippen LogP contribution in [0.2, 0.25) is 0 Å². The summed E-state index contributed by atoms with van der Waals surface area (Å²) in [6.45, 7) is 3.69. The number of aromatic hydroxyl groups is 1. The number of phenolic OH excluding ortho intramolecular Hbond substituents is 1. The molecule has 186 valence electrons. The highest BCUT2D eigenvalue weighted by atomic mass is 16.4. The van der Waals surface area contributed by atoms with E-state index in [1.54, 1.807) is 48.7 Å². The Morgan fingerprint density at radius 2 is 1.74 bits per heavy atom. The third kappa shape index (κ3) is 6.60. The topological polar surface area (TPSA) is 158 Å². The molecule has 3 aromatic rings. The lowest BCUT2D eigenvalue weighted by molar-refractivity contribution is -0.142. The molecule has 0 spiro atoms. The number of carboxylic acids is 1. The number of hydrogen-bond donors (Lipinski definition) is 6. The monoisotopic (exact) mass is 480 g/mol. The first-order valence-electron chi connectivity index (χ1n) is 11.6. The van der Waals surface area contributed by atoms with Crippen LogP contribution in [-0.4, -0.2) is 51.1 Å². The minimum atomic E-state index is -1.16. The van der Waals surface area contributed by atoms with E-state index in [-0.39, 0.29) is 24.5 Å². The number of carbonyl (C=O) groups excluding carboxylic acids is 2. The van der Waals surface area contributed by atoms with Gasteiger partial charge in [0.1, 0.15) is 17.8 Å². The summed E-state index contributed by atoms with van der Waals surface area (Å²) in [6.07, 6.45) is 2.63. The Morgan fingerprint density at radius 1 is 1.03 bits per heavy atom. The molecule has 4 atom stereocenters. The molecular weight excluding hydrogens is 448 g/mol. The van der Waals surface area contributed by atoms with Crippen molar-refractivity contribution in [2.75, 3.05) is 0 Å². The minimum absolute atomic E-state index is 0.105. The predicted molar refractivity (Wildman–Crippen MR) is 133 cm³/mol. The summed E-state index contributed by atoms with van der Waals surface area (Å²) in [5.41, 5.74) is 8.51. The number of carboxylic acid groups (broad SMARTS) is 1. The first-order chi connectivity index (χ1) is 16.7. The molecule has 35 heavy (non-hydrogen) atoms. The number of hydrogen-bond acceptors (Lipinski definition) is 5. The van der Waals surface area contributed by atoms with Gasteiger partial charge in [0, 0.05) is 23.5 Å². The Bertz CT molecular complexity index is 1180. The van der Waals surface area contributed by atoms with Crippen molar-refractivity contribution in [3.8, 4) is 5.75 Å². The van der Waals surface area contributed by atoms with Gasteiger partial charge < -0.3 is 31.6 Å². The van der Waals surface area contributed by atoms with Crippen LogP contribution >= 0.6 is 0 Å². The van der Waals surface area contributed by atoms with E-state index >= 15 is 0 Å². The lowest BCUT2D eigenvalue weighted by Gasteiger charge is -2.26. The van der Waals surface area contributed by atoms with Crippen LogP contribution in [0.15, 0.2) is 54.7 Å². The zero-order chi connectivity index (χ0) is 25.5. The smallest absolute Gasteiger partial charge is 0.326 e. The number of amides is 2. The van der Waals surface area contributed by atoms with E-state index in [0.717, 1.165) is 22.0 Å². The SMILES string of the molecule is CC[C@H](C)[C@H](NC(=O)[C@@H](N)Cc1c[nH]c2ccc(O)cc12)C(=O)N[C@@H](Cc1ccccc1)C(=O)O. The summed E-state index contributed by atoms with van der Waals surface area (Å²) < 4.78 is 0. The number of fused-ring (bicyclic) bond motifs is 1. The molecule has 0 radical (unpaired) electrons. The maximum atomic E-state index is 13.1. The molecule has 0 unspecified atom stereocenters. The number of rotatable bonds is 11. The van der Waals surface area contributed by atoms with E-state index in [9.17, 15) is 24.6 Å². The van der Waals surface area contributed by atoms with Gasteiger partial charge >= 0.3 is 5.97 Å². The summed E-state index contributed by atoms with van der Waals surface area (Å²) >= 11 is 0. The first kappa shape index (κ1) is 25.8. The number of nitrogens with two attached hydrogens (primary N) is 1. The number of H-pyrrole nitrogens is 1. The molecular formula is C26H32N4O5. The summed E-state index contributed by atoms with van der Waals surface area (Å²) in [5.74, 6) is -2.39. The zero-order valence-electron chi connectivity index (χ0n) is 19.8. The lowest BCUT2D eigenvalue weighted by atomic mass is 9.96. The molecule has 0 aliphatic carbocycles. The molecule has 0 saturated heterocycles. The van der Waals surface area contributed by atoms with E-state index in [1.165, 1.54) is 0 Å². The molecule has 0 aliphatic heterocycles. The lowest BCUT2D eigenvalue weighted by Crippen LogP contribution is -2.57. The highest BCUT2D eigenvalue weighted by Gasteiger charge is 2.31. The molecule has 3 rings (SSSR count). The number of aromatic nitrogens is 1. The average Bonchev–Trinajstić information content (AvgIpc) is 3.23. The number of carbonyl (C=O) groups is 3. The number of nitrogens with one attached hydrogen (secondary N) is 3. The largest absolute Gasteiger partial charge is 0.508 e. The highest BCUT2D eigenvalue weighted by Crippen LogP contribution is 2.23. The van der Waals surface area contributed by atoms with Gasteiger partial charge in [-0.05, 0) is 41.7 Å². The molecule has 1 aromatic heterocycles. The van der Waals surface area contributed by atoms with E-state index in [4.69, 9.17) is 5.73 Å². The normalized spacial score (nSPS) is 14.6. The van der Waals surface area contributed by atoms with Crippen LogP contribution in [0, 0.1) is 5.92 Å². The molecule has 2 aromatic carbocycles. The Labute approximate surface area is 203 Å². The molecule has 0 saturated carbocycles. The summed E-state index contributed by atoms with van der Waals surface area (Å²) in [6, 6.07) is 10.9. The van der Waals surface area contributed by atoms with Crippen molar-refractivity contribution in [3.63, 3.8) is 0 Å². The quantitative estimate of drug-likeness (QED) is 0.247. The van der Waals surface area contributed by atoms with Crippen LogP contribution in [0.4, 0.5) is 0 Å². The number of aliphatic carboxylic acids is 1. The fraction of sp³-hybridized carbons (Fsp3) is 0.346. The zero-order valence-corrected chi connectivity index (χ0v) is 19.8. The molecule has 9 heteroatoms. The van der Waals surface area contributed by atoms with Crippen molar-refractivity contribution in [2.24, 2.45) is 11.7 Å². The van der Waals surface area contributed by atoms with Gasteiger partial charge in [-0.15, -0.1) is 0 Å². The molecule has 0 fully saturated rings. The first-order valence-corrected chi connectivity index (χ1v) is 11.6. The molecule has 1 heterocycles. The van der Waals surface area contributed by atoms with Gasteiger partial charge in [-0.3, -0.25) is 9.59 Å². The van der Waals surface area contributed by atoms with Gasteiger partial charge in [0.15, 0.2) is 0 Å². The summed E-state index contributed by atoms with van der Waals surface area (Å²) in [5, 5.41) is 25.5. The maximum Gasteiger partial charge on any atom is 0.326 e. The fourth-order valence-electron chi connectivity index (χ4n) is 3.94. The third-order valence-corrected chi connectivity index (χ3v) is 6.22. The van der Waals surface area contributed by atoms with Gasteiger partial charge in [0.2, 0.25) is 11.8 Å². The number of phenols is 1. The molecule has 7 N–H and O–H groups in total. The predicted octanol–water partition coefficient (Wildman–Crippen LogP) is 2.09. The van der Waals surface area contributed by atoms with Gasteiger partial charge in [-0.25, -0.2) is 4.79 Å². The second-order valence-electron chi connectivity index (χ2n) is 8.82. The standard InChI is InChI=1S/C26H32N4O5/c1-3-15(2)23(25(33)29-22(26(34)35)11-16-7-5-4-6-8-16)30-24(32)20(27)12-17-14-28-21-10-9-18(31)13-19(17)21/h4-10,13-15,20,22-23,28,31H,3,11-12,27H2,1-2H3,(H,29,33)(H,30,32)(H,34,35)/t15-,20-,22-,23-/m0/s1. The van der Waals surface area contributed by atoms with Crippen molar-refractivity contribution >= 4 is 28.7 Å². The Hall–Kier alpha value is -3.85. The minimum Gasteiger partial charge on any atom is -0.508 e. The van der Waals surface area contributed by atoms with Crippen molar-refractivity contribution in [1.82, 2.24) is 15.6 Å². The van der Waals surface area contributed by atoms with Gasteiger partial charge in [-0.2, -0.15) is 0 Å². The van der Waals surface area contributed by atoms with Crippen LogP contribution < -0.4 is 16.4 Å². The van der Waals surface area contributed by atoms with Crippen molar-refractivity contribution in [3.05, 3.63) is 65.9 Å². The van der Waals surface area contributed by atoms with Crippen LogP contribution in [0.5, 0.6) is 5.75 Å². The average molecular weight is 481 g/mol. The maximum absolute atomic E-state index is 13.1. The van der Waals surface area contributed by atoms with Crippen molar-refractivity contribution in [1.29, 1.82) is 0 Å². The molecule has 2 amide bonds. The van der Waals surface area contributed by atoms with Gasteiger partial charge in [0.25, 0.3) is 0 Å². The Morgan fingerprint density at radius 3 is 2.40 bits per heavy atom. The van der Waals surface area contributed by atoms with Crippen LogP contribution in [0.1, 0.15) is 31.4 Å². The number of aromatic amines is 1.